The summed E-state index contributed by atoms with van der Waals surface area (Å²) >= 11 is 1.31. The maximum absolute atomic E-state index is 13.9. The first kappa shape index (κ1) is 38.9. The molecule has 9 heteroatoms. The van der Waals surface area contributed by atoms with E-state index in [1.165, 1.54) is 31.0 Å². The smallest absolute Gasteiger partial charge is 0.340 e. The number of ether oxygens (including phenoxy) is 2. The lowest BCUT2D eigenvalue weighted by atomic mass is 9.92. The molecule has 0 spiro atoms. The summed E-state index contributed by atoms with van der Waals surface area (Å²) in [5.74, 6) is 0.910. The topological polar surface area (TPSA) is 102 Å². The highest BCUT2D eigenvalue weighted by atomic mass is 32.2. The molecule has 0 fully saturated rings. The van der Waals surface area contributed by atoms with Crippen LogP contribution in [0.25, 0.3) is 11.1 Å². The van der Waals surface area contributed by atoms with Crippen molar-refractivity contribution in [2.24, 2.45) is 0 Å². The highest BCUT2D eigenvalue weighted by molar-refractivity contribution is 8.00. The molecule has 0 radical (unpaired) electrons. The lowest BCUT2D eigenvalue weighted by Crippen LogP contribution is -2.11. The van der Waals surface area contributed by atoms with Gasteiger partial charge in [0.2, 0.25) is 0 Å². The molecule has 5 aromatic carbocycles. The number of rotatable bonds is 20. The van der Waals surface area contributed by atoms with Crippen LogP contribution in [0.3, 0.4) is 0 Å². The van der Waals surface area contributed by atoms with Gasteiger partial charge >= 0.3 is 10.1 Å². The van der Waals surface area contributed by atoms with Crippen LogP contribution in [-0.2, 0) is 21.5 Å². The molecule has 1 unspecified atom stereocenters. The number of para-hydroxylation sites is 1. The molecule has 52 heavy (non-hydrogen) atoms. The highest BCUT2D eigenvalue weighted by Crippen LogP contribution is 2.40. The van der Waals surface area contributed by atoms with Crippen LogP contribution in [0.15, 0.2) is 130 Å². The molecule has 5 rings (SSSR count). The van der Waals surface area contributed by atoms with Gasteiger partial charge in [0.05, 0.1) is 13.2 Å². The van der Waals surface area contributed by atoms with Gasteiger partial charge in [-0.25, -0.2) is 0 Å². The second-order valence-corrected chi connectivity index (χ2v) is 15.3. The van der Waals surface area contributed by atoms with Crippen LogP contribution in [0.2, 0.25) is 0 Å². The lowest BCUT2D eigenvalue weighted by Gasteiger charge is -2.19. The first-order valence-electron chi connectivity index (χ1n) is 18.0. The molecule has 0 bridgehead atoms. The second-order valence-electron chi connectivity index (χ2n) is 12.6. The summed E-state index contributed by atoms with van der Waals surface area (Å²) < 4.78 is 45.2. The van der Waals surface area contributed by atoms with Gasteiger partial charge in [0.15, 0.2) is 0 Å². The van der Waals surface area contributed by atoms with Gasteiger partial charge in [0, 0.05) is 22.0 Å². The fraction of sp³-hybridized carbons (Fsp3) is 0.302. The van der Waals surface area contributed by atoms with E-state index >= 15 is 0 Å². The lowest BCUT2D eigenvalue weighted by molar-refractivity contribution is 0.116. The molecule has 0 heterocycles. The predicted molar refractivity (Wildman–Crippen MR) is 208 cm³/mol. The van der Waals surface area contributed by atoms with Crippen LogP contribution in [-0.4, -0.2) is 31.8 Å². The maximum atomic E-state index is 13.9. The molecule has 7 nitrogen and oxygen atoms in total. The van der Waals surface area contributed by atoms with Crippen LogP contribution in [0.4, 0.5) is 0 Å². The fourth-order valence-electron chi connectivity index (χ4n) is 5.74. The van der Waals surface area contributed by atoms with Crippen LogP contribution in [0, 0.1) is 0 Å². The highest BCUT2D eigenvalue weighted by Gasteiger charge is 2.25. The monoisotopic (exact) mass is 740 g/mol. The predicted octanol–water partition coefficient (Wildman–Crippen LogP) is 10.7. The Kier molecular flexibility index (Phi) is 14.6. The average molecular weight is 741 g/mol. The van der Waals surface area contributed by atoms with Crippen LogP contribution in [0.1, 0.15) is 81.6 Å². The van der Waals surface area contributed by atoms with Gasteiger partial charge in [-0.05, 0) is 95.8 Å². The Labute approximate surface area is 312 Å². The van der Waals surface area contributed by atoms with E-state index in [2.05, 4.69) is 13.8 Å². The summed E-state index contributed by atoms with van der Waals surface area (Å²) in [5, 5.41) is 22.6. The third kappa shape index (κ3) is 10.9. The zero-order chi connectivity index (χ0) is 36.8. The number of hydrogen-bond acceptors (Lipinski definition) is 8. The van der Waals surface area contributed by atoms with Gasteiger partial charge in [0.1, 0.15) is 28.2 Å². The van der Waals surface area contributed by atoms with Crippen molar-refractivity contribution in [2.45, 2.75) is 86.2 Å². The van der Waals surface area contributed by atoms with Crippen molar-refractivity contribution in [3.05, 3.63) is 132 Å². The minimum absolute atomic E-state index is 0.0110. The summed E-state index contributed by atoms with van der Waals surface area (Å²) in [6, 6.07) is 33.5. The Bertz CT molecular complexity index is 1960. The average Bonchev–Trinajstić information content (AvgIpc) is 3.16. The van der Waals surface area contributed by atoms with E-state index in [4.69, 9.17) is 13.7 Å². The molecule has 2 N–H and O–H groups in total. The third-order valence-electron chi connectivity index (χ3n) is 8.59. The molecular weight excluding hydrogens is 693 g/mol. The molecule has 0 aliphatic carbocycles. The first-order valence-corrected chi connectivity index (χ1v) is 20.2. The first-order chi connectivity index (χ1) is 25.3. The van der Waals surface area contributed by atoms with Crippen molar-refractivity contribution < 1.29 is 32.3 Å². The van der Waals surface area contributed by atoms with Crippen LogP contribution >= 0.6 is 11.8 Å². The minimum atomic E-state index is -4.30. The fourth-order valence-corrected chi connectivity index (χ4v) is 8.04. The summed E-state index contributed by atoms with van der Waals surface area (Å²) in [6.07, 6.45) is 6.56. The molecule has 0 amide bonds. The number of phenolic OH excluding ortho intramolecular Hbond substituents is 1. The van der Waals surface area contributed by atoms with Gasteiger partial charge in [-0.15, -0.1) is 0 Å². The standard InChI is InChI=1S/C43H48O7S2/c1-3-5-7-8-14-27-48-31-32-19-25-40(44)39(29-32)43(45)38-18-13-12-17-37(38)33-20-26-41(51-36-23-21-34(22-24-36)49-28-6-4-2)42(30-33)52(46,47)50-35-15-10-9-11-16-35/h9-13,15-26,29-30,43-45H,3-8,14,27-28,31H2,1-2H3. The summed E-state index contributed by atoms with van der Waals surface area (Å²) in [5.41, 5.74) is 2.87. The molecule has 5 aromatic rings. The number of hydrogen-bond donors (Lipinski definition) is 2. The number of aromatic hydroxyl groups is 1. The minimum Gasteiger partial charge on any atom is -0.508 e. The van der Waals surface area contributed by atoms with Crippen molar-refractivity contribution in [3.63, 3.8) is 0 Å². The van der Waals surface area contributed by atoms with Crippen LogP contribution in [0.5, 0.6) is 17.2 Å². The Balaban J connectivity index is 1.44. The van der Waals surface area contributed by atoms with Gasteiger partial charge in [-0.2, -0.15) is 8.42 Å². The Morgan fingerprint density at radius 1 is 0.692 bits per heavy atom. The van der Waals surface area contributed by atoms with E-state index in [9.17, 15) is 18.6 Å². The van der Waals surface area contributed by atoms with E-state index in [-0.39, 0.29) is 16.4 Å². The van der Waals surface area contributed by atoms with Gasteiger partial charge in [-0.3, -0.25) is 0 Å². The number of unbranched alkanes of at least 4 members (excludes halogenated alkanes) is 5. The number of aliphatic hydroxyl groups is 1. The molecule has 0 aliphatic rings. The molecule has 1 atom stereocenters. The van der Waals surface area contributed by atoms with E-state index in [0.29, 0.717) is 47.0 Å². The van der Waals surface area contributed by atoms with Gasteiger partial charge in [0.25, 0.3) is 0 Å². The number of phenols is 1. The largest absolute Gasteiger partial charge is 0.508 e. The number of benzene rings is 5. The molecule has 0 aromatic heterocycles. The molecular formula is C43H48O7S2. The van der Waals surface area contributed by atoms with Gasteiger partial charge < -0.3 is 23.9 Å². The van der Waals surface area contributed by atoms with Crippen molar-refractivity contribution in [3.8, 4) is 28.4 Å². The van der Waals surface area contributed by atoms with Crippen molar-refractivity contribution >= 4 is 21.9 Å². The summed E-state index contributed by atoms with van der Waals surface area (Å²) in [4.78, 5) is 1.30. The molecule has 0 saturated heterocycles. The zero-order valence-electron chi connectivity index (χ0n) is 29.9. The van der Waals surface area contributed by atoms with Crippen molar-refractivity contribution in [1.82, 2.24) is 0 Å². The molecule has 0 aliphatic heterocycles. The third-order valence-corrected chi connectivity index (χ3v) is 11.1. The van der Waals surface area contributed by atoms with Crippen molar-refractivity contribution in [2.75, 3.05) is 13.2 Å². The second kappa shape index (κ2) is 19.5. The SMILES string of the molecule is CCCCCCCOCc1ccc(O)c(C(O)c2ccccc2-c2ccc(Sc3ccc(OCCCC)cc3)c(S(=O)(=O)Oc3ccccc3)c2)c1. The normalized spacial score (nSPS) is 12.1. The van der Waals surface area contributed by atoms with E-state index in [0.717, 1.165) is 41.9 Å². The van der Waals surface area contributed by atoms with E-state index in [1.54, 1.807) is 72.8 Å². The maximum Gasteiger partial charge on any atom is 0.340 e. The number of aliphatic hydroxyl groups excluding tert-OH is 1. The summed E-state index contributed by atoms with van der Waals surface area (Å²) in [7, 11) is -4.30. The van der Waals surface area contributed by atoms with Crippen LogP contribution < -0.4 is 8.92 Å². The molecule has 274 valence electrons. The van der Waals surface area contributed by atoms with Crippen molar-refractivity contribution in [1.29, 1.82) is 0 Å². The van der Waals surface area contributed by atoms with E-state index in [1.807, 2.05) is 42.5 Å². The Hall–Kier alpha value is -4.28. The van der Waals surface area contributed by atoms with Gasteiger partial charge in [-0.1, -0.05) is 112 Å². The Morgan fingerprint density at radius 3 is 2.19 bits per heavy atom. The zero-order valence-corrected chi connectivity index (χ0v) is 31.5. The molecule has 0 saturated carbocycles. The Morgan fingerprint density at radius 2 is 1.42 bits per heavy atom. The quantitative estimate of drug-likeness (QED) is 0.0601. The van der Waals surface area contributed by atoms with E-state index < -0.39 is 16.2 Å². The summed E-state index contributed by atoms with van der Waals surface area (Å²) in [6.45, 7) is 5.96.